The van der Waals surface area contributed by atoms with E-state index in [1.165, 1.54) is 6.07 Å². The minimum atomic E-state index is -0.582. The molecule has 0 heterocycles. The Labute approximate surface area is 69.8 Å². The highest BCUT2D eigenvalue weighted by molar-refractivity contribution is 5.72. The van der Waals surface area contributed by atoms with Crippen molar-refractivity contribution in [1.29, 1.82) is 0 Å². The van der Waals surface area contributed by atoms with Gasteiger partial charge in [0.05, 0.1) is 12.3 Å². The summed E-state index contributed by atoms with van der Waals surface area (Å²) in [4.78, 5) is 3.00. The Morgan fingerprint density at radius 2 is 2.25 bits per heavy atom. The van der Waals surface area contributed by atoms with Gasteiger partial charge >= 0.3 is 0 Å². The molecule has 0 saturated carbocycles. The molecule has 0 unspecified atom stereocenters. The third-order valence-electron chi connectivity index (χ3n) is 1.51. The summed E-state index contributed by atoms with van der Waals surface area (Å²) in [6.07, 6.45) is 0. The van der Waals surface area contributed by atoms with Gasteiger partial charge in [-0.3, -0.25) is 0 Å². The molecule has 1 rings (SSSR count). The van der Waals surface area contributed by atoms with Gasteiger partial charge in [0.15, 0.2) is 0 Å². The van der Waals surface area contributed by atoms with Crippen molar-refractivity contribution >= 4 is 17.1 Å². The molecule has 4 heteroatoms. The molecule has 0 aromatic heterocycles. The second-order valence-electron chi connectivity index (χ2n) is 2.25. The first kappa shape index (κ1) is 8.34. The van der Waals surface area contributed by atoms with Gasteiger partial charge in [0.25, 0.3) is 0 Å². The van der Waals surface area contributed by atoms with Crippen LogP contribution in [0.1, 0.15) is 0 Å². The van der Waals surface area contributed by atoms with Crippen LogP contribution in [0.2, 0.25) is 0 Å². The van der Waals surface area contributed by atoms with Gasteiger partial charge in [0.2, 0.25) is 5.69 Å². The lowest BCUT2D eigenvalue weighted by molar-refractivity contribution is 0.634. The number of nitrogen functional groups attached to an aromatic ring is 1. The van der Waals surface area contributed by atoms with Gasteiger partial charge in [-0.15, -0.1) is 0 Å². The van der Waals surface area contributed by atoms with Crippen LogP contribution < -0.4 is 11.1 Å². The fourth-order valence-corrected chi connectivity index (χ4v) is 0.879. The molecule has 0 radical (unpaired) electrons. The number of halogens is 1. The molecule has 1 aromatic rings. The maximum atomic E-state index is 12.8. The van der Waals surface area contributed by atoms with Crippen LogP contribution >= 0.6 is 0 Å². The zero-order chi connectivity index (χ0) is 9.14. The van der Waals surface area contributed by atoms with E-state index in [1.54, 1.807) is 7.05 Å². The summed E-state index contributed by atoms with van der Waals surface area (Å²) >= 11 is 0. The summed E-state index contributed by atoms with van der Waals surface area (Å²) < 4.78 is 12.8. The van der Waals surface area contributed by atoms with Crippen LogP contribution in [0, 0.1) is 12.4 Å². The van der Waals surface area contributed by atoms with Crippen LogP contribution in [0.25, 0.3) is 4.85 Å². The standard InChI is InChI=1S/C8H8FN3/c1-11-7-4-8(12-2)6(10)3-5(7)9/h3-4,12H,10H2,2H3. The number of benzene rings is 1. The molecule has 62 valence electrons. The van der Waals surface area contributed by atoms with E-state index in [0.717, 1.165) is 6.07 Å². The van der Waals surface area contributed by atoms with Gasteiger partial charge in [0.1, 0.15) is 5.82 Å². The first-order chi connectivity index (χ1) is 5.69. The van der Waals surface area contributed by atoms with Crippen molar-refractivity contribution in [2.24, 2.45) is 0 Å². The number of nitrogens with one attached hydrogen (secondary N) is 1. The molecular formula is C8H8FN3. The number of hydrogen-bond acceptors (Lipinski definition) is 2. The van der Waals surface area contributed by atoms with Crippen LogP contribution in [0.5, 0.6) is 0 Å². The average Bonchev–Trinajstić information content (AvgIpc) is 2.05. The molecule has 0 fully saturated rings. The minimum Gasteiger partial charge on any atom is -0.397 e. The molecule has 0 aliphatic heterocycles. The Morgan fingerprint density at radius 3 is 2.75 bits per heavy atom. The second-order valence-corrected chi connectivity index (χ2v) is 2.25. The highest BCUT2D eigenvalue weighted by atomic mass is 19.1. The predicted molar refractivity (Wildman–Crippen MR) is 46.6 cm³/mol. The van der Waals surface area contributed by atoms with Crippen LogP contribution in [0.15, 0.2) is 12.1 Å². The third-order valence-corrected chi connectivity index (χ3v) is 1.51. The summed E-state index contributed by atoms with van der Waals surface area (Å²) in [6, 6.07) is 2.52. The van der Waals surface area contributed by atoms with Crippen molar-refractivity contribution in [3.05, 3.63) is 29.4 Å². The van der Waals surface area contributed by atoms with Crippen LogP contribution in [-0.4, -0.2) is 7.05 Å². The van der Waals surface area contributed by atoms with E-state index >= 15 is 0 Å². The molecule has 0 spiro atoms. The fraction of sp³-hybridized carbons (Fsp3) is 0.125. The summed E-state index contributed by atoms with van der Waals surface area (Å²) in [5.74, 6) is -0.582. The average molecular weight is 165 g/mol. The first-order valence-corrected chi connectivity index (χ1v) is 3.33. The molecule has 1 aromatic carbocycles. The normalized spacial score (nSPS) is 9.08. The highest BCUT2D eigenvalue weighted by Crippen LogP contribution is 2.27. The summed E-state index contributed by atoms with van der Waals surface area (Å²) in [5, 5.41) is 2.76. The topological polar surface area (TPSA) is 42.4 Å². The lowest BCUT2D eigenvalue weighted by atomic mass is 10.2. The zero-order valence-electron chi connectivity index (χ0n) is 6.56. The van der Waals surface area contributed by atoms with E-state index in [4.69, 9.17) is 12.3 Å². The number of nitrogens with two attached hydrogens (primary N) is 1. The first-order valence-electron chi connectivity index (χ1n) is 3.33. The van der Waals surface area contributed by atoms with Gasteiger partial charge in [-0.2, -0.15) is 0 Å². The molecule has 0 saturated heterocycles. The Morgan fingerprint density at radius 1 is 1.58 bits per heavy atom. The van der Waals surface area contributed by atoms with Gasteiger partial charge in [-0.05, 0) is 12.1 Å². The lowest BCUT2D eigenvalue weighted by Gasteiger charge is -2.05. The highest BCUT2D eigenvalue weighted by Gasteiger charge is 2.05. The van der Waals surface area contributed by atoms with Crippen molar-refractivity contribution in [3.63, 3.8) is 0 Å². The molecule has 0 aliphatic carbocycles. The lowest BCUT2D eigenvalue weighted by Crippen LogP contribution is -1.95. The monoisotopic (exact) mass is 165 g/mol. The number of rotatable bonds is 1. The summed E-state index contributed by atoms with van der Waals surface area (Å²) in [6.45, 7) is 6.64. The van der Waals surface area contributed by atoms with Crippen molar-refractivity contribution in [2.45, 2.75) is 0 Å². The Kier molecular flexibility index (Phi) is 2.15. The van der Waals surface area contributed by atoms with Gasteiger partial charge in [-0.1, -0.05) is 0 Å². The van der Waals surface area contributed by atoms with Crippen LogP contribution in [0.3, 0.4) is 0 Å². The quantitative estimate of drug-likeness (QED) is 0.493. The predicted octanol–water partition coefficient (Wildman–Crippen LogP) is 2.00. The minimum absolute atomic E-state index is 0.0199. The van der Waals surface area contributed by atoms with Gasteiger partial charge in [0, 0.05) is 12.7 Å². The van der Waals surface area contributed by atoms with Crippen molar-refractivity contribution in [1.82, 2.24) is 0 Å². The molecule has 3 N–H and O–H groups in total. The molecule has 0 aliphatic rings. The maximum absolute atomic E-state index is 12.8. The van der Waals surface area contributed by atoms with Gasteiger partial charge < -0.3 is 11.1 Å². The van der Waals surface area contributed by atoms with E-state index in [1.807, 2.05) is 0 Å². The summed E-state index contributed by atoms with van der Waals surface area (Å²) in [7, 11) is 1.66. The van der Waals surface area contributed by atoms with Crippen LogP contribution in [0.4, 0.5) is 21.5 Å². The second kappa shape index (κ2) is 3.09. The zero-order valence-corrected chi connectivity index (χ0v) is 6.56. The molecule has 0 amide bonds. The smallest absolute Gasteiger partial charge is 0.224 e. The molecule has 0 atom stereocenters. The number of hydrogen-bond donors (Lipinski definition) is 2. The van der Waals surface area contributed by atoms with Crippen molar-refractivity contribution in [3.8, 4) is 0 Å². The Bertz CT molecular complexity index is 341. The van der Waals surface area contributed by atoms with Crippen LogP contribution in [-0.2, 0) is 0 Å². The number of nitrogens with zero attached hydrogens (tertiary/aromatic N) is 1. The van der Waals surface area contributed by atoms with Gasteiger partial charge in [-0.25, -0.2) is 9.24 Å². The molecular weight excluding hydrogens is 157 g/mol. The molecule has 12 heavy (non-hydrogen) atoms. The number of anilines is 2. The molecule has 3 nitrogen and oxygen atoms in total. The van der Waals surface area contributed by atoms with E-state index in [9.17, 15) is 4.39 Å². The Balaban J connectivity index is 3.30. The van der Waals surface area contributed by atoms with E-state index in [-0.39, 0.29) is 5.69 Å². The SMILES string of the molecule is [C-]#[N+]c1cc(NC)c(N)cc1F. The largest absolute Gasteiger partial charge is 0.397 e. The van der Waals surface area contributed by atoms with E-state index in [0.29, 0.717) is 11.4 Å². The Hall–Kier alpha value is -1.76. The third kappa shape index (κ3) is 1.30. The summed E-state index contributed by atoms with van der Waals surface area (Å²) in [5.41, 5.74) is 6.31. The van der Waals surface area contributed by atoms with Crippen molar-refractivity contribution < 1.29 is 4.39 Å². The van der Waals surface area contributed by atoms with E-state index < -0.39 is 5.82 Å². The molecule has 0 bridgehead atoms. The van der Waals surface area contributed by atoms with E-state index in [2.05, 4.69) is 10.2 Å². The van der Waals surface area contributed by atoms with Crippen molar-refractivity contribution in [2.75, 3.05) is 18.1 Å². The maximum Gasteiger partial charge on any atom is 0.224 e. The fourth-order valence-electron chi connectivity index (χ4n) is 0.879.